The van der Waals surface area contributed by atoms with Gasteiger partial charge in [-0.15, -0.1) is 11.3 Å². The molecule has 0 radical (unpaired) electrons. The van der Waals surface area contributed by atoms with E-state index >= 15 is 0 Å². The molecule has 1 atom stereocenters. The van der Waals surface area contributed by atoms with Gasteiger partial charge in [0.2, 0.25) is 0 Å². The predicted octanol–water partition coefficient (Wildman–Crippen LogP) is 0.913. The summed E-state index contributed by atoms with van der Waals surface area (Å²) in [6.07, 6.45) is 5.17. The molecule has 0 fully saturated rings. The Labute approximate surface area is 92.2 Å². The van der Waals surface area contributed by atoms with Gasteiger partial charge < -0.3 is 5.32 Å². The summed E-state index contributed by atoms with van der Waals surface area (Å²) in [6, 6.07) is 0.369. The third-order valence-corrected chi connectivity index (χ3v) is 2.82. The second-order valence-electron chi connectivity index (χ2n) is 3.37. The molecule has 0 bridgehead atoms. The van der Waals surface area contributed by atoms with Crippen LogP contribution in [-0.2, 0) is 13.1 Å². The van der Waals surface area contributed by atoms with Crippen LogP contribution in [0.5, 0.6) is 0 Å². The van der Waals surface area contributed by atoms with E-state index in [1.54, 1.807) is 24.0 Å². The average molecular weight is 223 g/mol. The number of hydrogen-bond acceptors (Lipinski definition) is 5. The molecule has 0 amide bonds. The van der Waals surface area contributed by atoms with Crippen LogP contribution < -0.4 is 5.32 Å². The van der Waals surface area contributed by atoms with Crippen LogP contribution in [0.2, 0.25) is 0 Å². The molecule has 15 heavy (non-hydrogen) atoms. The molecule has 2 aromatic heterocycles. The quantitative estimate of drug-likeness (QED) is 0.818. The summed E-state index contributed by atoms with van der Waals surface area (Å²) in [5, 5.41) is 7.46. The molecule has 6 heteroatoms. The van der Waals surface area contributed by atoms with Gasteiger partial charge in [0.25, 0.3) is 0 Å². The Morgan fingerprint density at radius 3 is 3.13 bits per heavy atom. The zero-order chi connectivity index (χ0) is 10.5. The maximum atomic E-state index is 4.06. The van der Waals surface area contributed by atoms with Crippen molar-refractivity contribution in [3.63, 3.8) is 0 Å². The maximum Gasteiger partial charge on any atom is 0.137 e. The van der Waals surface area contributed by atoms with Gasteiger partial charge in [0.15, 0.2) is 0 Å². The van der Waals surface area contributed by atoms with E-state index in [0.717, 1.165) is 13.1 Å². The van der Waals surface area contributed by atoms with Gasteiger partial charge >= 0.3 is 0 Å². The Hall–Kier alpha value is -1.27. The fourth-order valence-electron chi connectivity index (χ4n) is 1.28. The molecule has 0 aliphatic heterocycles. The summed E-state index contributed by atoms with van der Waals surface area (Å²) in [4.78, 5) is 9.18. The van der Waals surface area contributed by atoms with Crippen LogP contribution in [0.4, 0.5) is 0 Å². The van der Waals surface area contributed by atoms with Gasteiger partial charge in [-0.05, 0) is 6.92 Å². The molecular formula is C9H13N5S. The highest BCUT2D eigenvalue weighted by molar-refractivity contribution is 7.09. The van der Waals surface area contributed by atoms with Gasteiger partial charge in [0.05, 0.1) is 12.1 Å². The summed E-state index contributed by atoms with van der Waals surface area (Å²) in [6.45, 7) is 3.82. The van der Waals surface area contributed by atoms with Crippen molar-refractivity contribution in [2.45, 2.75) is 26.1 Å². The standard InChI is InChI=1S/C9H13N5S/c1-8(4-14-6-11-5-13-14)12-3-9-2-10-7-15-9/h2,5-8,12H,3-4H2,1H3. The molecule has 0 aliphatic rings. The number of thiazole rings is 1. The first-order chi connectivity index (χ1) is 7.34. The lowest BCUT2D eigenvalue weighted by atomic mass is 10.3. The number of rotatable bonds is 5. The minimum atomic E-state index is 0.369. The first-order valence-corrected chi connectivity index (χ1v) is 5.65. The Bertz CT molecular complexity index is 369. The van der Waals surface area contributed by atoms with E-state index in [2.05, 4.69) is 27.3 Å². The minimum absolute atomic E-state index is 0.369. The van der Waals surface area contributed by atoms with Crippen LogP contribution in [-0.4, -0.2) is 25.8 Å². The van der Waals surface area contributed by atoms with Crippen molar-refractivity contribution < 1.29 is 0 Å². The summed E-state index contributed by atoms with van der Waals surface area (Å²) in [7, 11) is 0. The van der Waals surface area contributed by atoms with Crippen LogP contribution in [0, 0.1) is 0 Å². The Morgan fingerprint density at radius 2 is 2.47 bits per heavy atom. The van der Waals surface area contributed by atoms with Gasteiger partial charge in [0, 0.05) is 23.7 Å². The maximum absolute atomic E-state index is 4.06. The molecule has 5 nitrogen and oxygen atoms in total. The number of nitrogens with one attached hydrogen (secondary N) is 1. The number of aromatic nitrogens is 4. The van der Waals surface area contributed by atoms with E-state index in [4.69, 9.17) is 0 Å². The molecule has 2 rings (SSSR count). The van der Waals surface area contributed by atoms with Crippen LogP contribution in [0.25, 0.3) is 0 Å². The van der Waals surface area contributed by atoms with Crippen molar-refractivity contribution in [1.82, 2.24) is 25.1 Å². The van der Waals surface area contributed by atoms with Gasteiger partial charge in [-0.25, -0.2) is 4.98 Å². The van der Waals surface area contributed by atoms with Crippen LogP contribution >= 0.6 is 11.3 Å². The van der Waals surface area contributed by atoms with E-state index in [1.165, 1.54) is 4.88 Å². The molecule has 1 N–H and O–H groups in total. The number of nitrogens with zero attached hydrogens (tertiary/aromatic N) is 4. The highest BCUT2D eigenvalue weighted by Crippen LogP contribution is 2.04. The molecule has 1 unspecified atom stereocenters. The van der Waals surface area contributed by atoms with Crippen molar-refractivity contribution >= 4 is 11.3 Å². The lowest BCUT2D eigenvalue weighted by Gasteiger charge is -2.12. The second kappa shape index (κ2) is 4.99. The summed E-state index contributed by atoms with van der Waals surface area (Å²) in [5.74, 6) is 0. The van der Waals surface area contributed by atoms with Crippen molar-refractivity contribution in [2.75, 3.05) is 0 Å². The van der Waals surface area contributed by atoms with Crippen molar-refractivity contribution in [1.29, 1.82) is 0 Å². The zero-order valence-corrected chi connectivity index (χ0v) is 9.31. The fourth-order valence-corrected chi connectivity index (χ4v) is 1.82. The molecular weight excluding hydrogens is 210 g/mol. The average Bonchev–Trinajstić information content (AvgIpc) is 2.86. The Morgan fingerprint density at radius 1 is 1.53 bits per heavy atom. The first kappa shape index (κ1) is 10.3. The molecule has 0 spiro atoms. The van der Waals surface area contributed by atoms with Crippen molar-refractivity contribution in [2.24, 2.45) is 0 Å². The molecule has 0 aromatic carbocycles. The van der Waals surface area contributed by atoms with Gasteiger partial charge in [-0.2, -0.15) is 5.10 Å². The second-order valence-corrected chi connectivity index (χ2v) is 4.34. The van der Waals surface area contributed by atoms with Crippen molar-refractivity contribution in [3.8, 4) is 0 Å². The van der Waals surface area contributed by atoms with Crippen LogP contribution in [0.1, 0.15) is 11.8 Å². The van der Waals surface area contributed by atoms with Gasteiger partial charge in [-0.3, -0.25) is 9.67 Å². The molecule has 0 saturated heterocycles. The van der Waals surface area contributed by atoms with Gasteiger partial charge in [0.1, 0.15) is 12.7 Å². The molecule has 2 heterocycles. The molecule has 0 saturated carbocycles. The smallest absolute Gasteiger partial charge is 0.137 e. The van der Waals surface area contributed by atoms with E-state index in [1.807, 2.05) is 16.4 Å². The lowest BCUT2D eigenvalue weighted by molar-refractivity contribution is 0.451. The lowest BCUT2D eigenvalue weighted by Crippen LogP contribution is -2.29. The highest BCUT2D eigenvalue weighted by Gasteiger charge is 2.03. The predicted molar refractivity (Wildman–Crippen MR) is 58.4 cm³/mol. The van der Waals surface area contributed by atoms with Gasteiger partial charge in [-0.1, -0.05) is 0 Å². The van der Waals surface area contributed by atoms with Crippen LogP contribution in [0.15, 0.2) is 24.4 Å². The fraction of sp³-hybridized carbons (Fsp3) is 0.444. The number of hydrogen-bond donors (Lipinski definition) is 1. The topological polar surface area (TPSA) is 55.6 Å². The Balaban J connectivity index is 1.76. The highest BCUT2D eigenvalue weighted by atomic mass is 32.1. The minimum Gasteiger partial charge on any atom is -0.307 e. The van der Waals surface area contributed by atoms with E-state index < -0.39 is 0 Å². The monoisotopic (exact) mass is 223 g/mol. The SMILES string of the molecule is CC(Cn1cncn1)NCc1cncs1. The third-order valence-electron chi connectivity index (χ3n) is 2.04. The van der Waals surface area contributed by atoms with Crippen molar-refractivity contribution in [3.05, 3.63) is 29.2 Å². The summed E-state index contributed by atoms with van der Waals surface area (Å²) in [5.41, 5.74) is 1.85. The summed E-state index contributed by atoms with van der Waals surface area (Å²) >= 11 is 1.66. The first-order valence-electron chi connectivity index (χ1n) is 4.78. The normalized spacial score (nSPS) is 12.9. The molecule has 0 aliphatic carbocycles. The Kier molecular flexibility index (Phi) is 3.41. The third kappa shape index (κ3) is 3.10. The molecule has 80 valence electrons. The summed E-state index contributed by atoms with van der Waals surface area (Å²) < 4.78 is 1.82. The van der Waals surface area contributed by atoms with Crippen LogP contribution in [0.3, 0.4) is 0 Å². The largest absolute Gasteiger partial charge is 0.307 e. The van der Waals surface area contributed by atoms with E-state index in [0.29, 0.717) is 6.04 Å². The zero-order valence-electron chi connectivity index (χ0n) is 8.50. The van der Waals surface area contributed by atoms with E-state index in [9.17, 15) is 0 Å². The van der Waals surface area contributed by atoms with E-state index in [-0.39, 0.29) is 0 Å². The molecule has 2 aromatic rings.